The van der Waals surface area contributed by atoms with Crippen molar-refractivity contribution in [2.75, 3.05) is 0 Å². The lowest BCUT2D eigenvalue weighted by Gasteiger charge is -2.17. The summed E-state index contributed by atoms with van der Waals surface area (Å²) in [7, 11) is 0. The highest BCUT2D eigenvalue weighted by Gasteiger charge is 2.75. The van der Waals surface area contributed by atoms with Gasteiger partial charge in [0.2, 0.25) is 0 Å². The summed E-state index contributed by atoms with van der Waals surface area (Å²) in [4.78, 5) is 23.7. The third kappa shape index (κ3) is 1.63. The number of carboxylic acid groups (broad SMARTS) is 1. The third-order valence-electron chi connectivity index (χ3n) is 5.15. The second-order valence-electron chi connectivity index (χ2n) is 5.91. The van der Waals surface area contributed by atoms with Crippen molar-refractivity contribution in [3.63, 3.8) is 0 Å². The maximum absolute atomic E-state index is 13.7. The molecule has 2 aliphatic carbocycles. The number of rotatable bonds is 4. The van der Waals surface area contributed by atoms with Gasteiger partial charge in [-0.3, -0.25) is 9.59 Å². The molecule has 0 spiro atoms. The zero-order valence-corrected chi connectivity index (χ0v) is 11.3. The van der Waals surface area contributed by atoms with Crippen LogP contribution in [0.4, 0.5) is 4.39 Å². The molecule has 0 saturated heterocycles. The molecule has 0 aromatic heterocycles. The van der Waals surface area contributed by atoms with Gasteiger partial charge in [-0.1, -0.05) is 25.1 Å². The van der Waals surface area contributed by atoms with Gasteiger partial charge < -0.3 is 5.11 Å². The summed E-state index contributed by atoms with van der Waals surface area (Å²) >= 11 is 0. The summed E-state index contributed by atoms with van der Waals surface area (Å²) in [6, 6.07) is 6.47. The molecule has 4 atom stereocenters. The molecule has 2 saturated carbocycles. The van der Waals surface area contributed by atoms with Crippen LogP contribution in [0, 0.1) is 29.0 Å². The summed E-state index contributed by atoms with van der Waals surface area (Å²) in [6.45, 7) is 1.87. The van der Waals surface area contributed by atoms with E-state index in [1.165, 1.54) is 6.07 Å². The predicted molar refractivity (Wildman–Crippen MR) is 70.6 cm³/mol. The number of carbonyl (C=O) groups excluding carboxylic acids is 1. The lowest BCUT2D eigenvalue weighted by molar-refractivity contribution is -0.142. The Kier molecular flexibility index (Phi) is 2.92. The molecule has 0 amide bonds. The van der Waals surface area contributed by atoms with Crippen molar-refractivity contribution >= 4 is 11.8 Å². The summed E-state index contributed by atoms with van der Waals surface area (Å²) in [5.74, 6) is -1.92. The Morgan fingerprint density at radius 2 is 2.15 bits per heavy atom. The van der Waals surface area contributed by atoms with Crippen LogP contribution in [0.2, 0.25) is 0 Å². The quantitative estimate of drug-likeness (QED) is 0.920. The number of benzene rings is 1. The van der Waals surface area contributed by atoms with E-state index in [9.17, 15) is 19.1 Å². The number of Topliss-reactive ketones (excluding diaryl/α,β-unsaturated/α-hetero) is 1. The first-order chi connectivity index (χ1) is 9.52. The minimum Gasteiger partial charge on any atom is -0.481 e. The van der Waals surface area contributed by atoms with Crippen molar-refractivity contribution in [1.29, 1.82) is 0 Å². The summed E-state index contributed by atoms with van der Waals surface area (Å²) in [5.41, 5.74) is -0.118. The topological polar surface area (TPSA) is 54.4 Å². The van der Waals surface area contributed by atoms with Crippen molar-refractivity contribution in [3.05, 3.63) is 35.6 Å². The predicted octanol–water partition coefficient (Wildman–Crippen LogP) is 2.68. The number of carbonyl (C=O) groups is 2. The van der Waals surface area contributed by atoms with Crippen molar-refractivity contribution in [2.24, 2.45) is 23.2 Å². The molecule has 3 rings (SSSR count). The third-order valence-corrected chi connectivity index (χ3v) is 5.15. The number of aliphatic carboxylic acids is 1. The van der Waals surface area contributed by atoms with E-state index in [4.69, 9.17) is 0 Å². The average Bonchev–Trinajstić information content (AvgIpc) is 3.00. The molecule has 4 unspecified atom stereocenters. The van der Waals surface area contributed by atoms with E-state index >= 15 is 0 Å². The van der Waals surface area contributed by atoms with Gasteiger partial charge in [-0.2, -0.15) is 0 Å². The first-order valence-corrected chi connectivity index (χ1v) is 7.03. The van der Waals surface area contributed by atoms with Crippen LogP contribution in [0.5, 0.6) is 0 Å². The molecule has 0 radical (unpaired) electrons. The van der Waals surface area contributed by atoms with Crippen molar-refractivity contribution in [3.8, 4) is 0 Å². The lowest BCUT2D eigenvalue weighted by Crippen LogP contribution is -2.26. The molecule has 1 N–H and O–H groups in total. The molecule has 2 fully saturated rings. The fraction of sp³-hybridized carbons (Fsp3) is 0.500. The van der Waals surface area contributed by atoms with Crippen LogP contribution in [0.15, 0.2) is 24.3 Å². The van der Waals surface area contributed by atoms with E-state index in [-0.39, 0.29) is 23.4 Å². The molecule has 1 aromatic carbocycles. The maximum Gasteiger partial charge on any atom is 0.307 e. The van der Waals surface area contributed by atoms with Crippen LogP contribution in [0.1, 0.15) is 25.3 Å². The molecule has 1 aromatic rings. The number of halogens is 1. The number of hydrogen-bond acceptors (Lipinski definition) is 2. The van der Waals surface area contributed by atoms with Crippen LogP contribution in [-0.2, 0) is 16.0 Å². The Balaban J connectivity index is 1.79. The van der Waals surface area contributed by atoms with E-state index in [0.717, 1.165) is 0 Å². The van der Waals surface area contributed by atoms with E-state index in [2.05, 4.69) is 0 Å². The highest BCUT2D eigenvalue weighted by atomic mass is 19.1. The van der Waals surface area contributed by atoms with E-state index in [1.54, 1.807) is 18.2 Å². The first-order valence-electron chi connectivity index (χ1n) is 7.03. The van der Waals surface area contributed by atoms with Crippen LogP contribution >= 0.6 is 0 Å². The molecule has 4 heteroatoms. The van der Waals surface area contributed by atoms with Gasteiger partial charge in [0, 0.05) is 11.3 Å². The zero-order chi connectivity index (χ0) is 14.5. The molecule has 0 aliphatic heterocycles. The largest absolute Gasteiger partial charge is 0.481 e. The molecule has 3 nitrogen and oxygen atoms in total. The molecule has 2 aliphatic rings. The minimum absolute atomic E-state index is 0.0284. The van der Waals surface area contributed by atoms with E-state index in [0.29, 0.717) is 24.8 Å². The van der Waals surface area contributed by atoms with Crippen LogP contribution in [0.25, 0.3) is 0 Å². The van der Waals surface area contributed by atoms with Gasteiger partial charge in [0.25, 0.3) is 0 Å². The maximum atomic E-state index is 13.7. The smallest absolute Gasteiger partial charge is 0.307 e. The first kappa shape index (κ1) is 13.3. The lowest BCUT2D eigenvalue weighted by atomic mass is 9.86. The Morgan fingerprint density at radius 1 is 1.45 bits per heavy atom. The number of ketones is 1. The van der Waals surface area contributed by atoms with Gasteiger partial charge in [-0.05, 0) is 36.8 Å². The van der Waals surface area contributed by atoms with Gasteiger partial charge in [0.15, 0.2) is 0 Å². The minimum atomic E-state index is -0.866. The van der Waals surface area contributed by atoms with Gasteiger partial charge in [0.1, 0.15) is 11.6 Å². The monoisotopic (exact) mass is 276 g/mol. The van der Waals surface area contributed by atoms with Gasteiger partial charge in [-0.15, -0.1) is 0 Å². The molecule has 20 heavy (non-hydrogen) atoms. The average molecular weight is 276 g/mol. The van der Waals surface area contributed by atoms with Gasteiger partial charge in [-0.25, -0.2) is 4.39 Å². The molecular formula is C16H17FO3. The number of fused-ring (bicyclic) bond motifs is 1. The Hall–Kier alpha value is -1.71. The Morgan fingerprint density at radius 3 is 2.70 bits per heavy atom. The second-order valence-corrected chi connectivity index (χ2v) is 5.91. The van der Waals surface area contributed by atoms with Gasteiger partial charge >= 0.3 is 5.97 Å². The van der Waals surface area contributed by atoms with Crippen LogP contribution in [0.3, 0.4) is 0 Å². The zero-order valence-electron chi connectivity index (χ0n) is 11.3. The van der Waals surface area contributed by atoms with Crippen molar-refractivity contribution in [2.45, 2.75) is 26.2 Å². The molecule has 0 heterocycles. The molecular weight excluding hydrogens is 259 g/mol. The molecule has 0 bridgehead atoms. The summed E-state index contributed by atoms with van der Waals surface area (Å²) < 4.78 is 13.7. The SMILES string of the molecule is CCC12C(=O)C(Cc3ccccc3F)CC1C2C(=O)O. The number of hydrogen-bond donors (Lipinski definition) is 1. The Labute approximate surface area is 116 Å². The summed E-state index contributed by atoms with van der Waals surface area (Å²) in [5, 5.41) is 9.18. The normalized spacial score (nSPS) is 34.9. The highest BCUT2D eigenvalue weighted by molar-refractivity contribution is 5.99. The number of carboxylic acids is 1. The molecule has 106 valence electrons. The second kappa shape index (κ2) is 4.40. The standard InChI is InChI=1S/C16H17FO3/c1-2-16-11(13(16)15(19)20)8-10(14(16)18)7-9-5-3-4-6-12(9)17/h3-6,10-11,13H,2,7-8H2,1H3,(H,19,20). The van der Waals surface area contributed by atoms with Gasteiger partial charge in [0.05, 0.1) is 5.92 Å². The van der Waals surface area contributed by atoms with Crippen LogP contribution in [-0.4, -0.2) is 16.9 Å². The van der Waals surface area contributed by atoms with Crippen molar-refractivity contribution < 1.29 is 19.1 Å². The summed E-state index contributed by atoms with van der Waals surface area (Å²) in [6.07, 6.45) is 1.54. The van der Waals surface area contributed by atoms with E-state index < -0.39 is 17.3 Å². The highest BCUT2D eigenvalue weighted by Crippen LogP contribution is 2.69. The fourth-order valence-electron chi connectivity index (χ4n) is 4.15. The van der Waals surface area contributed by atoms with E-state index in [1.807, 2.05) is 6.92 Å². The van der Waals surface area contributed by atoms with Crippen LogP contribution < -0.4 is 0 Å². The van der Waals surface area contributed by atoms with Crippen molar-refractivity contribution in [1.82, 2.24) is 0 Å². The fourth-order valence-corrected chi connectivity index (χ4v) is 4.15. The Bertz CT molecular complexity index is 583.